The number of hydrogen-bond acceptors (Lipinski definition) is 2. The maximum Gasteiger partial charge on any atom is 0.227 e. The average molecular weight is 361 g/mol. The van der Waals surface area contributed by atoms with Crippen LogP contribution in [0.5, 0.6) is 0 Å². The highest BCUT2D eigenvalue weighted by atomic mass is 16.2. The molecule has 0 fully saturated rings. The monoisotopic (exact) mass is 361 g/mol. The van der Waals surface area contributed by atoms with Gasteiger partial charge in [0.25, 0.3) is 0 Å². The van der Waals surface area contributed by atoms with Crippen LogP contribution in [0.2, 0.25) is 0 Å². The third-order valence-corrected chi connectivity index (χ3v) is 5.19. The third-order valence-electron chi connectivity index (χ3n) is 5.19. The van der Waals surface area contributed by atoms with Crippen LogP contribution in [-0.2, 0) is 22.4 Å². The number of benzene rings is 2. The van der Waals surface area contributed by atoms with Crippen LogP contribution in [0, 0.1) is 12.8 Å². The Labute approximate surface area is 158 Å². The standard InChI is InChI=1S/C22H23N3O2/c1-13-3-9-20-18(11-13)19-12-15(4-10-21(19)25-20)22(27)24-17-7-5-16(6-8-17)23-14(2)26/h3,5-9,11,15,25H,4,10,12H2,1-2H3,(H,23,26)(H,24,27). The molecule has 1 aliphatic carbocycles. The van der Waals surface area contributed by atoms with E-state index in [1.807, 2.05) is 12.1 Å². The Hall–Kier alpha value is -3.08. The second-order valence-corrected chi connectivity index (χ2v) is 7.32. The summed E-state index contributed by atoms with van der Waals surface area (Å²) < 4.78 is 0. The summed E-state index contributed by atoms with van der Waals surface area (Å²) in [4.78, 5) is 27.4. The molecule has 1 unspecified atom stereocenters. The Morgan fingerprint density at radius 3 is 2.44 bits per heavy atom. The molecule has 1 aliphatic rings. The highest BCUT2D eigenvalue weighted by Crippen LogP contribution is 2.33. The van der Waals surface area contributed by atoms with Crippen LogP contribution in [-0.4, -0.2) is 16.8 Å². The predicted molar refractivity (Wildman–Crippen MR) is 108 cm³/mol. The molecule has 2 aromatic carbocycles. The van der Waals surface area contributed by atoms with Crippen molar-refractivity contribution in [1.29, 1.82) is 0 Å². The second kappa shape index (κ2) is 6.91. The summed E-state index contributed by atoms with van der Waals surface area (Å²) in [7, 11) is 0. The number of aromatic nitrogens is 1. The van der Waals surface area contributed by atoms with E-state index in [1.54, 1.807) is 12.1 Å². The van der Waals surface area contributed by atoms with E-state index < -0.39 is 0 Å². The summed E-state index contributed by atoms with van der Waals surface area (Å²) in [6.07, 6.45) is 2.49. The van der Waals surface area contributed by atoms with E-state index >= 15 is 0 Å². The molecule has 1 heterocycles. The fourth-order valence-corrected chi connectivity index (χ4v) is 3.84. The highest BCUT2D eigenvalue weighted by molar-refractivity contribution is 5.95. The Kier molecular flexibility index (Phi) is 4.44. The van der Waals surface area contributed by atoms with Gasteiger partial charge in [0.1, 0.15) is 0 Å². The SMILES string of the molecule is CC(=O)Nc1ccc(NC(=O)C2CCc3[nH]c4ccc(C)cc4c3C2)cc1. The Morgan fingerprint density at radius 2 is 1.74 bits per heavy atom. The number of aromatic amines is 1. The molecular weight excluding hydrogens is 338 g/mol. The van der Waals surface area contributed by atoms with E-state index in [-0.39, 0.29) is 17.7 Å². The Morgan fingerprint density at radius 1 is 1.04 bits per heavy atom. The van der Waals surface area contributed by atoms with Gasteiger partial charge >= 0.3 is 0 Å². The molecule has 3 aromatic rings. The Balaban J connectivity index is 1.48. The maximum atomic E-state index is 12.8. The zero-order valence-electron chi connectivity index (χ0n) is 15.6. The van der Waals surface area contributed by atoms with Crippen LogP contribution in [0.3, 0.4) is 0 Å². The minimum Gasteiger partial charge on any atom is -0.358 e. The zero-order chi connectivity index (χ0) is 19.0. The molecule has 5 nitrogen and oxygen atoms in total. The molecule has 0 saturated carbocycles. The van der Waals surface area contributed by atoms with E-state index in [1.165, 1.54) is 29.1 Å². The molecule has 0 saturated heterocycles. The summed E-state index contributed by atoms with van der Waals surface area (Å²) >= 11 is 0. The molecule has 1 aromatic heterocycles. The first-order valence-corrected chi connectivity index (χ1v) is 9.28. The fourth-order valence-electron chi connectivity index (χ4n) is 3.84. The van der Waals surface area contributed by atoms with Crippen LogP contribution >= 0.6 is 0 Å². The zero-order valence-corrected chi connectivity index (χ0v) is 15.6. The highest BCUT2D eigenvalue weighted by Gasteiger charge is 2.27. The van der Waals surface area contributed by atoms with Gasteiger partial charge in [-0.05, 0) is 68.1 Å². The maximum absolute atomic E-state index is 12.8. The van der Waals surface area contributed by atoms with E-state index in [2.05, 4.69) is 40.7 Å². The van der Waals surface area contributed by atoms with Gasteiger partial charge < -0.3 is 15.6 Å². The van der Waals surface area contributed by atoms with E-state index in [9.17, 15) is 9.59 Å². The lowest BCUT2D eigenvalue weighted by Crippen LogP contribution is -2.28. The van der Waals surface area contributed by atoms with Gasteiger partial charge in [0.15, 0.2) is 0 Å². The van der Waals surface area contributed by atoms with E-state index in [0.29, 0.717) is 0 Å². The van der Waals surface area contributed by atoms with Crippen LogP contribution < -0.4 is 10.6 Å². The number of fused-ring (bicyclic) bond motifs is 3. The lowest BCUT2D eigenvalue weighted by molar-refractivity contribution is -0.120. The van der Waals surface area contributed by atoms with Crippen molar-refractivity contribution < 1.29 is 9.59 Å². The number of carbonyl (C=O) groups excluding carboxylic acids is 2. The molecule has 1 atom stereocenters. The largest absolute Gasteiger partial charge is 0.358 e. The number of amides is 2. The summed E-state index contributed by atoms with van der Waals surface area (Å²) in [6, 6.07) is 13.6. The van der Waals surface area contributed by atoms with Gasteiger partial charge in [-0.1, -0.05) is 11.6 Å². The first kappa shape index (κ1) is 17.3. The molecule has 0 spiro atoms. The van der Waals surface area contributed by atoms with Crippen molar-refractivity contribution in [3.05, 3.63) is 59.3 Å². The van der Waals surface area contributed by atoms with Gasteiger partial charge in [-0.2, -0.15) is 0 Å². The van der Waals surface area contributed by atoms with Gasteiger partial charge in [-0.3, -0.25) is 9.59 Å². The fraction of sp³-hybridized carbons (Fsp3) is 0.273. The average Bonchev–Trinajstić information content (AvgIpc) is 3.00. The second-order valence-electron chi connectivity index (χ2n) is 7.32. The number of aryl methyl sites for hydroxylation is 2. The van der Waals surface area contributed by atoms with Crippen molar-refractivity contribution in [2.24, 2.45) is 5.92 Å². The van der Waals surface area contributed by atoms with Crippen molar-refractivity contribution in [3.8, 4) is 0 Å². The molecule has 2 amide bonds. The van der Waals surface area contributed by atoms with Gasteiger partial charge in [-0.25, -0.2) is 0 Å². The molecule has 5 heteroatoms. The molecule has 0 bridgehead atoms. The number of hydrogen-bond donors (Lipinski definition) is 3. The van der Waals surface area contributed by atoms with Crippen molar-refractivity contribution in [3.63, 3.8) is 0 Å². The predicted octanol–water partition coefficient (Wildman–Crippen LogP) is 4.18. The number of anilines is 2. The number of H-pyrrole nitrogens is 1. The van der Waals surface area contributed by atoms with E-state index in [0.717, 1.165) is 36.2 Å². The minimum atomic E-state index is -0.112. The van der Waals surface area contributed by atoms with E-state index in [4.69, 9.17) is 0 Å². The number of nitrogens with one attached hydrogen (secondary N) is 3. The molecule has 3 N–H and O–H groups in total. The smallest absolute Gasteiger partial charge is 0.227 e. The van der Waals surface area contributed by atoms with Gasteiger partial charge in [-0.15, -0.1) is 0 Å². The van der Waals surface area contributed by atoms with Gasteiger partial charge in [0.2, 0.25) is 11.8 Å². The topological polar surface area (TPSA) is 74.0 Å². The van der Waals surface area contributed by atoms with Crippen LogP contribution in [0.1, 0.15) is 30.2 Å². The molecule has 27 heavy (non-hydrogen) atoms. The van der Waals surface area contributed by atoms with Crippen molar-refractivity contribution in [2.75, 3.05) is 10.6 Å². The number of rotatable bonds is 3. The van der Waals surface area contributed by atoms with Crippen LogP contribution in [0.15, 0.2) is 42.5 Å². The first-order chi connectivity index (χ1) is 13.0. The van der Waals surface area contributed by atoms with Crippen molar-refractivity contribution in [2.45, 2.75) is 33.1 Å². The summed E-state index contributed by atoms with van der Waals surface area (Å²) in [5, 5.41) is 6.97. The minimum absolute atomic E-state index is 0.0352. The lowest BCUT2D eigenvalue weighted by Gasteiger charge is -2.22. The van der Waals surface area contributed by atoms with Gasteiger partial charge in [0.05, 0.1) is 0 Å². The molecule has 0 radical (unpaired) electrons. The van der Waals surface area contributed by atoms with Crippen molar-refractivity contribution >= 4 is 34.1 Å². The lowest BCUT2D eigenvalue weighted by atomic mass is 9.85. The number of carbonyl (C=O) groups is 2. The Bertz CT molecular complexity index is 1020. The summed E-state index contributed by atoms with van der Waals surface area (Å²) in [5.41, 5.74) is 6.39. The van der Waals surface area contributed by atoms with Crippen molar-refractivity contribution in [1.82, 2.24) is 4.98 Å². The summed E-state index contributed by atoms with van der Waals surface area (Å²) in [5.74, 6) is -0.0966. The third kappa shape index (κ3) is 3.58. The van der Waals surface area contributed by atoms with Gasteiger partial charge in [0, 0.05) is 40.8 Å². The first-order valence-electron chi connectivity index (χ1n) is 9.28. The molecule has 0 aliphatic heterocycles. The molecule has 138 valence electrons. The van der Waals surface area contributed by atoms with Crippen LogP contribution in [0.4, 0.5) is 11.4 Å². The quantitative estimate of drug-likeness (QED) is 0.655. The molecule has 4 rings (SSSR count). The normalized spacial score (nSPS) is 16.0. The van der Waals surface area contributed by atoms with Crippen LogP contribution in [0.25, 0.3) is 10.9 Å². The molecular formula is C22H23N3O2. The summed E-state index contributed by atoms with van der Waals surface area (Å²) in [6.45, 7) is 3.57.